The maximum atomic E-state index is 9.20. The number of thiazole rings is 1. The first-order valence-electron chi connectivity index (χ1n) is 7.43. The van der Waals surface area contributed by atoms with E-state index in [0.717, 1.165) is 29.1 Å². The normalized spacial score (nSPS) is 11.8. The molecule has 3 aromatic rings. The highest BCUT2D eigenvalue weighted by Crippen LogP contribution is 2.22. The zero-order chi connectivity index (χ0) is 16.1. The van der Waals surface area contributed by atoms with E-state index < -0.39 is 0 Å². The smallest absolute Gasteiger partial charge is 0.190 e. The van der Waals surface area contributed by atoms with E-state index in [1.807, 2.05) is 30.3 Å². The van der Waals surface area contributed by atoms with Crippen LogP contribution in [0.4, 0.5) is 5.69 Å². The van der Waals surface area contributed by atoms with Crippen LogP contribution in [0.15, 0.2) is 65.0 Å². The average Bonchev–Trinajstić information content (AvgIpc) is 2.97. The summed E-state index contributed by atoms with van der Waals surface area (Å²) in [7, 11) is 0. The Bertz CT molecular complexity index is 822. The van der Waals surface area contributed by atoms with Gasteiger partial charge >= 0.3 is 0 Å². The topological polar surface area (TPSA) is 37.5 Å². The molecule has 0 radical (unpaired) electrons. The van der Waals surface area contributed by atoms with Gasteiger partial charge in [0.1, 0.15) is 0 Å². The number of aliphatic hydroxyl groups is 1. The summed E-state index contributed by atoms with van der Waals surface area (Å²) in [5, 5.41) is 11.3. The van der Waals surface area contributed by atoms with E-state index in [1.54, 1.807) is 11.3 Å². The van der Waals surface area contributed by atoms with Crippen molar-refractivity contribution >= 4 is 39.6 Å². The Kier molecular flexibility index (Phi) is 5.64. The van der Waals surface area contributed by atoms with E-state index in [4.69, 9.17) is 4.99 Å². The molecule has 2 aromatic carbocycles. The molecule has 3 nitrogen and oxygen atoms in total. The van der Waals surface area contributed by atoms with Crippen molar-refractivity contribution in [1.82, 2.24) is 4.57 Å². The lowest BCUT2D eigenvalue weighted by molar-refractivity contribution is 0.279. The van der Waals surface area contributed by atoms with Gasteiger partial charge in [-0.3, -0.25) is 0 Å². The highest BCUT2D eigenvalue weighted by atomic mass is 127. The lowest BCUT2D eigenvalue weighted by atomic mass is 10.2. The number of aliphatic hydroxyl groups excluding tert-OH is 1. The molecule has 0 aliphatic heterocycles. The highest BCUT2D eigenvalue weighted by molar-refractivity contribution is 14.1. The zero-order valence-corrected chi connectivity index (χ0v) is 15.5. The molecule has 1 heterocycles. The van der Waals surface area contributed by atoms with Crippen LogP contribution in [0.3, 0.4) is 0 Å². The minimum atomic E-state index is 0.180. The van der Waals surface area contributed by atoms with Crippen LogP contribution < -0.4 is 4.80 Å². The highest BCUT2D eigenvalue weighted by Gasteiger charge is 2.08. The lowest BCUT2D eigenvalue weighted by Gasteiger charge is -2.08. The number of hydrogen-bond donors (Lipinski definition) is 1. The molecular weight excluding hydrogens is 419 g/mol. The molecule has 23 heavy (non-hydrogen) atoms. The number of aromatic nitrogens is 1. The predicted molar refractivity (Wildman–Crippen MR) is 104 cm³/mol. The Labute approximate surface area is 153 Å². The molecule has 0 atom stereocenters. The van der Waals surface area contributed by atoms with Crippen molar-refractivity contribution in [2.45, 2.75) is 13.0 Å². The van der Waals surface area contributed by atoms with Crippen molar-refractivity contribution in [3.05, 3.63) is 68.3 Å². The molecular formula is C18H17IN2OS. The Hall–Kier alpha value is -1.44. The molecule has 0 aliphatic rings. The van der Waals surface area contributed by atoms with Gasteiger partial charge in [-0.25, -0.2) is 4.99 Å². The summed E-state index contributed by atoms with van der Waals surface area (Å²) < 4.78 is 3.41. The monoisotopic (exact) mass is 436 g/mol. The van der Waals surface area contributed by atoms with Crippen LogP contribution in [0.1, 0.15) is 6.42 Å². The van der Waals surface area contributed by atoms with Gasteiger partial charge in [0, 0.05) is 22.1 Å². The molecule has 118 valence electrons. The van der Waals surface area contributed by atoms with E-state index in [9.17, 15) is 5.11 Å². The van der Waals surface area contributed by atoms with Crippen molar-refractivity contribution in [3.8, 4) is 11.3 Å². The molecule has 1 N–H and O–H groups in total. The Balaban J connectivity index is 2.07. The number of rotatable bonds is 5. The van der Waals surface area contributed by atoms with E-state index in [2.05, 4.69) is 56.8 Å². The molecule has 0 saturated carbocycles. The number of hydrogen-bond acceptors (Lipinski definition) is 3. The SMILES string of the molecule is OCCCn1c(-c2ccc(I)cc2)csc1=Nc1ccccc1. The summed E-state index contributed by atoms with van der Waals surface area (Å²) in [6.45, 7) is 0.937. The number of halogens is 1. The summed E-state index contributed by atoms with van der Waals surface area (Å²) in [4.78, 5) is 5.71. The van der Waals surface area contributed by atoms with Gasteiger partial charge in [-0.15, -0.1) is 11.3 Å². The van der Waals surface area contributed by atoms with E-state index >= 15 is 0 Å². The number of benzene rings is 2. The quantitative estimate of drug-likeness (QED) is 0.591. The van der Waals surface area contributed by atoms with Gasteiger partial charge in [0.25, 0.3) is 0 Å². The molecule has 0 unspecified atom stereocenters. The third-order valence-corrected chi connectivity index (χ3v) is 5.04. The predicted octanol–water partition coefficient (Wildman–Crippen LogP) is 4.44. The molecule has 0 fully saturated rings. The van der Waals surface area contributed by atoms with Crippen LogP contribution in [-0.4, -0.2) is 16.3 Å². The Morgan fingerprint density at radius 2 is 1.78 bits per heavy atom. The summed E-state index contributed by atoms with van der Waals surface area (Å²) in [5.41, 5.74) is 3.27. The molecule has 5 heteroatoms. The van der Waals surface area contributed by atoms with Gasteiger partial charge in [-0.05, 0) is 58.8 Å². The average molecular weight is 436 g/mol. The van der Waals surface area contributed by atoms with Crippen LogP contribution in [-0.2, 0) is 6.54 Å². The lowest BCUT2D eigenvalue weighted by Crippen LogP contribution is -2.16. The first-order valence-corrected chi connectivity index (χ1v) is 9.38. The molecule has 0 bridgehead atoms. The first kappa shape index (κ1) is 16.4. The minimum Gasteiger partial charge on any atom is -0.396 e. The fourth-order valence-electron chi connectivity index (χ4n) is 2.33. The Morgan fingerprint density at radius 3 is 2.48 bits per heavy atom. The van der Waals surface area contributed by atoms with Gasteiger partial charge in [0.2, 0.25) is 0 Å². The molecule has 3 rings (SSSR count). The van der Waals surface area contributed by atoms with Crippen LogP contribution in [0.2, 0.25) is 0 Å². The second-order valence-electron chi connectivity index (χ2n) is 5.09. The van der Waals surface area contributed by atoms with Crippen molar-refractivity contribution in [2.24, 2.45) is 4.99 Å². The fourth-order valence-corrected chi connectivity index (χ4v) is 3.64. The second-order valence-corrected chi connectivity index (χ2v) is 7.17. The fraction of sp³-hybridized carbons (Fsp3) is 0.167. The summed E-state index contributed by atoms with van der Waals surface area (Å²) in [6.07, 6.45) is 0.718. The van der Waals surface area contributed by atoms with Crippen LogP contribution in [0.25, 0.3) is 11.3 Å². The van der Waals surface area contributed by atoms with Crippen LogP contribution >= 0.6 is 33.9 Å². The van der Waals surface area contributed by atoms with E-state index in [0.29, 0.717) is 0 Å². The molecule has 1 aromatic heterocycles. The molecule has 0 amide bonds. The second kappa shape index (κ2) is 7.90. The zero-order valence-electron chi connectivity index (χ0n) is 12.5. The van der Waals surface area contributed by atoms with Crippen LogP contribution in [0.5, 0.6) is 0 Å². The van der Waals surface area contributed by atoms with Crippen molar-refractivity contribution in [1.29, 1.82) is 0 Å². The van der Waals surface area contributed by atoms with Gasteiger partial charge in [-0.2, -0.15) is 0 Å². The minimum absolute atomic E-state index is 0.180. The molecule has 0 spiro atoms. The maximum absolute atomic E-state index is 9.20. The van der Waals surface area contributed by atoms with Gasteiger partial charge < -0.3 is 9.67 Å². The maximum Gasteiger partial charge on any atom is 0.190 e. The van der Waals surface area contributed by atoms with Crippen molar-refractivity contribution in [2.75, 3.05) is 6.61 Å². The van der Waals surface area contributed by atoms with Crippen molar-refractivity contribution in [3.63, 3.8) is 0 Å². The summed E-state index contributed by atoms with van der Waals surface area (Å²) in [6, 6.07) is 18.5. The van der Waals surface area contributed by atoms with Gasteiger partial charge in [-0.1, -0.05) is 30.3 Å². The number of nitrogens with zero attached hydrogens (tertiary/aromatic N) is 2. The largest absolute Gasteiger partial charge is 0.396 e. The van der Waals surface area contributed by atoms with Gasteiger partial charge in [0.15, 0.2) is 4.80 Å². The van der Waals surface area contributed by atoms with E-state index in [1.165, 1.54) is 9.13 Å². The molecule has 0 aliphatic carbocycles. The number of para-hydroxylation sites is 1. The van der Waals surface area contributed by atoms with Crippen molar-refractivity contribution < 1.29 is 5.11 Å². The third kappa shape index (κ3) is 4.10. The first-order chi connectivity index (χ1) is 11.3. The summed E-state index contributed by atoms with van der Waals surface area (Å²) >= 11 is 3.94. The standard InChI is InChI=1S/C18H17IN2OS/c19-15-9-7-14(8-10-15)17-13-23-18(21(17)11-4-12-22)20-16-5-2-1-3-6-16/h1-3,5-10,13,22H,4,11-12H2. The Morgan fingerprint density at radius 1 is 1.04 bits per heavy atom. The molecule has 0 saturated heterocycles. The van der Waals surface area contributed by atoms with Crippen LogP contribution in [0, 0.1) is 3.57 Å². The van der Waals surface area contributed by atoms with E-state index in [-0.39, 0.29) is 6.61 Å². The third-order valence-electron chi connectivity index (χ3n) is 3.46. The van der Waals surface area contributed by atoms with Gasteiger partial charge in [0.05, 0.1) is 11.4 Å². The summed E-state index contributed by atoms with van der Waals surface area (Å²) in [5.74, 6) is 0.